The van der Waals surface area contributed by atoms with Crippen molar-refractivity contribution in [2.75, 3.05) is 24.8 Å². The van der Waals surface area contributed by atoms with E-state index in [0.717, 1.165) is 23.5 Å². The number of rotatable bonds is 4. The molecule has 0 aliphatic carbocycles. The number of anilines is 2. The van der Waals surface area contributed by atoms with Gasteiger partial charge in [-0.1, -0.05) is 11.3 Å². The number of nitrogen functional groups attached to an aromatic ring is 1. The number of carbonyl (C=O) groups is 1. The summed E-state index contributed by atoms with van der Waals surface area (Å²) in [6.45, 7) is -0.111. The molecule has 0 fully saturated rings. The number of amides is 1. The molecule has 1 amide bonds. The van der Waals surface area contributed by atoms with Crippen LogP contribution in [0.5, 0.6) is 0 Å². The molecule has 2 rings (SSSR count). The van der Waals surface area contributed by atoms with Crippen molar-refractivity contribution < 1.29 is 18.3 Å². The van der Waals surface area contributed by atoms with Crippen molar-refractivity contribution in [3.8, 4) is 11.3 Å². The van der Waals surface area contributed by atoms with E-state index in [-0.39, 0.29) is 17.6 Å². The van der Waals surface area contributed by atoms with Gasteiger partial charge in [0.25, 0.3) is 5.91 Å². The predicted octanol–water partition coefficient (Wildman–Crippen LogP) is 2.26. The van der Waals surface area contributed by atoms with Gasteiger partial charge >= 0.3 is 0 Å². The second-order valence-corrected chi connectivity index (χ2v) is 4.87. The number of ether oxygens (including phenoxy) is 1. The summed E-state index contributed by atoms with van der Waals surface area (Å²) in [5.41, 5.74) is 6.40. The van der Waals surface area contributed by atoms with Crippen molar-refractivity contribution in [1.82, 2.24) is 4.98 Å². The van der Waals surface area contributed by atoms with Gasteiger partial charge in [-0.3, -0.25) is 10.1 Å². The summed E-state index contributed by atoms with van der Waals surface area (Å²) in [6.07, 6.45) is 0. The lowest BCUT2D eigenvalue weighted by Gasteiger charge is -2.00. The Bertz CT molecular complexity index is 646. The van der Waals surface area contributed by atoms with Crippen molar-refractivity contribution in [2.45, 2.75) is 0 Å². The molecule has 2 aromatic rings. The van der Waals surface area contributed by atoms with E-state index in [1.807, 2.05) is 0 Å². The van der Waals surface area contributed by atoms with Crippen LogP contribution >= 0.6 is 11.3 Å². The third kappa shape index (κ3) is 3.09. The molecule has 1 aromatic heterocycles. The molecule has 0 atom stereocenters. The van der Waals surface area contributed by atoms with Crippen LogP contribution in [0.4, 0.5) is 18.9 Å². The van der Waals surface area contributed by atoms with Gasteiger partial charge in [-0.15, -0.1) is 0 Å². The molecular weight excluding hydrogens is 288 g/mol. The van der Waals surface area contributed by atoms with E-state index in [4.69, 9.17) is 5.73 Å². The zero-order valence-electron chi connectivity index (χ0n) is 10.4. The van der Waals surface area contributed by atoms with Crippen LogP contribution in [-0.2, 0) is 9.53 Å². The van der Waals surface area contributed by atoms with Gasteiger partial charge in [-0.2, -0.15) is 0 Å². The van der Waals surface area contributed by atoms with E-state index in [1.54, 1.807) is 0 Å². The number of nitrogens with two attached hydrogens (primary N) is 1. The van der Waals surface area contributed by atoms with Crippen LogP contribution in [-0.4, -0.2) is 24.6 Å². The van der Waals surface area contributed by atoms with Crippen molar-refractivity contribution in [2.24, 2.45) is 0 Å². The molecule has 0 saturated carbocycles. The Kier molecular flexibility index (Phi) is 4.26. The van der Waals surface area contributed by atoms with Crippen LogP contribution in [0.25, 0.3) is 11.3 Å². The van der Waals surface area contributed by atoms with Gasteiger partial charge in [-0.05, 0) is 18.2 Å². The lowest BCUT2D eigenvalue weighted by atomic mass is 10.1. The van der Waals surface area contributed by atoms with Crippen molar-refractivity contribution >= 4 is 27.4 Å². The van der Waals surface area contributed by atoms with Crippen LogP contribution in [0.3, 0.4) is 0 Å². The first-order chi connectivity index (χ1) is 9.51. The minimum atomic E-state index is -0.986. The number of hydrogen-bond acceptors (Lipinski definition) is 5. The third-order valence-electron chi connectivity index (χ3n) is 2.37. The number of thiazole rings is 1. The number of halogens is 2. The molecule has 1 heterocycles. The van der Waals surface area contributed by atoms with Gasteiger partial charge in [-0.25, -0.2) is 13.8 Å². The van der Waals surface area contributed by atoms with E-state index in [0.29, 0.717) is 16.3 Å². The molecule has 0 radical (unpaired) electrons. The Morgan fingerprint density at radius 1 is 1.45 bits per heavy atom. The fraction of sp³-hybridized carbons (Fsp3) is 0.167. The fourth-order valence-electron chi connectivity index (χ4n) is 1.52. The molecule has 0 unspecified atom stereocenters. The van der Waals surface area contributed by atoms with Crippen LogP contribution in [0.15, 0.2) is 18.2 Å². The molecule has 0 saturated heterocycles. The second kappa shape index (κ2) is 5.93. The first-order valence-electron chi connectivity index (χ1n) is 5.51. The lowest BCUT2D eigenvalue weighted by Crippen LogP contribution is -2.16. The molecule has 8 heteroatoms. The summed E-state index contributed by atoms with van der Waals surface area (Å²) in [4.78, 5) is 15.4. The van der Waals surface area contributed by atoms with Crippen molar-refractivity contribution in [1.29, 1.82) is 0 Å². The minimum absolute atomic E-state index is 0.111. The standard InChI is InChI=1S/C12H11F2N3O2S/c1-19-5-9(18)16-12-17-10(11(15)20-12)6-2-3-7(13)8(14)4-6/h2-4H,5,15H2,1H3,(H,16,17,18). The summed E-state index contributed by atoms with van der Waals surface area (Å²) in [5.74, 6) is -2.31. The van der Waals surface area contributed by atoms with Crippen molar-refractivity contribution in [3.63, 3.8) is 0 Å². The number of hydrogen-bond donors (Lipinski definition) is 2. The number of nitrogens with one attached hydrogen (secondary N) is 1. The van der Waals surface area contributed by atoms with Gasteiger partial charge in [0.2, 0.25) is 0 Å². The summed E-state index contributed by atoms with van der Waals surface area (Å²) in [7, 11) is 1.39. The molecule has 0 aliphatic rings. The predicted molar refractivity (Wildman–Crippen MR) is 72.4 cm³/mol. The highest BCUT2D eigenvalue weighted by molar-refractivity contribution is 7.20. The van der Waals surface area contributed by atoms with Gasteiger partial charge in [0.1, 0.15) is 17.3 Å². The van der Waals surface area contributed by atoms with Gasteiger partial charge < -0.3 is 10.5 Å². The summed E-state index contributed by atoms with van der Waals surface area (Å²) >= 11 is 1.04. The quantitative estimate of drug-likeness (QED) is 0.908. The normalized spacial score (nSPS) is 10.6. The highest BCUT2D eigenvalue weighted by Crippen LogP contribution is 2.33. The van der Waals surface area contributed by atoms with Crippen LogP contribution in [0, 0.1) is 11.6 Å². The van der Waals surface area contributed by atoms with Gasteiger partial charge in [0.05, 0.1) is 0 Å². The molecule has 1 aromatic carbocycles. The Labute approximate surface area is 117 Å². The lowest BCUT2D eigenvalue weighted by molar-refractivity contribution is -0.119. The third-order valence-corrected chi connectivity index (χ3v) is 3.17. The molecule has 0 spiro atoms. The average Bonchev–Trinajstić information content (AvgIpc) is 2.74. The van der Waals surface area contributed by atoms with Crippen LogP contribution in [0.1, 0.15) is 0 Å². The molecule has 0 bridgehead atoms. The zero-order valence-corrected chi connectivity index (χ0v) is 11.3. The molecule has 0 aliphatic heterocycles. The van der Waals surface area contributed by atoms with E-state index in [1.165, 1.54) is 13.2 Å². The maximum Gasteiger partial charge on any atom is 0.252 e. The molecule has 5 nitrogen and oxygen atoms in total. The van der Waals surface area contributed by atoms with E-state index in [9.17, 15) is 13.6 Å². The Hall–Kier alpha value is -2.06. The minimum Gasteiger partial charge on any atom is -0.389 e. The van der Waals surface area contributed by atoms with E-state index < -0.39 is 11.6 Å². The monoisotopic (exact) mass is 299 g/mol. The van der Waals surface area contributed by atoms with Crippen LogP contribution < -0.4 is 11.1 Å². The maximum absolute atomic E-state index is 13.2. The first kappa shape index (κ1) is 14.4. The highest BCUT2D eigenvalue weighted by Gasteiger charge is 2.14. The fourth-order valence-corrected chi connectivity index (χ4v) is 2.29. The number of benzene rings is 1. The molecule has 106 valence electrons. The van der Waals surface area contributed by atoms with Gasteiger partial charge in [0.15, 0.2) is 16.8 Å². The molecule has 3 N–H and O–H groups in total. The summed E-state index contributed by atoms with van der Waals surface area (Å²) in [6, 6.07) is 3.36. The van der Waals surface area contributed by atoms with Gasteiger partial charge in [0, 0.05) is 12.7 Å². The smallest absolute Gasteiger partial charge is 0.252 e. The second-order valence-electron chi connectivity index (χ2n) is 3.84. The zero-order chi connectivity index (χ0) is 14.7. The summed E-state index contributed by atoms with van der Waals surface area (Å²) < 4.78 is 30.7. The Morgan fingerprint density at radius 2 is 2.20 bits per heavy atom. The first-order valence-corrected chi connectivity index (χ1v) is 6.33. The average molecular weight is 299 g/mol. The Balaban J connectivity index is 2.27. The number of aromatic nitrogens is 1. The number of carbonyl (C=O) groups excluding carboxylic acids is 1. The molecular formula is C12H11F2N3O2S. The highest BCUT2D eigenvalue weighted by atomic mass is 32.1. The molecule has 20 heavy (non-hydrogen) atoms. The largest absolute Gasteiger partial charge is 0.389 e. The maximum atomic E-state index is 13.2. The van der Waals surface area contributed by atoms with E-state index in [2.05, 4.69) is 15.0 Å². The van der Waals surface area contributed by atoms with E-state index >= 15 is 0 Å². The number of methoxy groups -OCH3 is 1. The van der Waals surface area contributed by atoms with Crippen LogP contribution in [0.2, 0.25) is 0 Å². The SMILES string of the molecule is COCC(=O)Nc1nc(-c2ccc(F)c(F)c2)c(N)s1. The Morgan fingerprint density at radius 3 is 2.85 bits per heavy atom. The number of nitrogens with zero attached hydrogens (tertiary/aromatic N) is 1. The summed E-state index contributed by atoms with van der Waals surface area (Å²) in [5, 5.41) is 3.06. The topological polar surface area (TPSA) is 77.2 Å². The van der Waals surface area contributed by atoms with Crippen molar-refractivity contribution in [3.05, 3.63) is 29.8 Å².